The summed E-state index contributed by atoms with van der Waals surface area (Å²) in [6.45, 7) is 0. The second-order valence-electron chi connectivity index (χ2n) is 1.11. The van der Waals surface area contributed by atoms with Gasteiger partial charge in [0.15, 0.2) is 5.92 Å². The molecule has 0 amide bonds. The van der Waals surface area contributed by atoms with Crippen LogP contribution in [0.4, 0.5) is 0 Å². The topological polar surface area (TPSA) is 84.9 Å². The van der Waals surface area contributed by atoms with Gasteiger partial charge in [-0.1, -0.05) is 0 Å². The average molecular weight is 112 g/mol. The van der Waals surface area contributed by atoms with Crippen molar-refractivity contribution in [2.75, 3.05) is 0 Å². The van der Waals surface area contributed by atoms with Gasteiger partial charge in [0.25, 0.3) is 0 Å². The molecule has 0 radical (unpaired) electrons. The van der Waals surface area contributed by atoms with E-state index in [4.69, 9.17) is 15.8 Å². The minimum Gasteiger partial charge on any atom is -0.480 e. The molecular weight excluding hydrogens is 108 g/mol. The lowest BCUT2D eigenvalue weighted by molar-refractivity contribution is -0.137. The van der Waals surface area contributed by atoms with Gasteiger partial charge in [-0.2, -0.15) is 5.26 Å². The van der Waals surface area contributed by atoms with Crippen molar-refractivity contribution in [1.82, 2.24) is 0 Å². The number of hydrogen-bond donors (Lipinski definition) is 2. The van der Waals surface area contributed by atoms with E-state index in [-0.39, 0.29) is 0 Å². The summed E-state index contributed by atoms with van der Waals surface area (Å²) in [6, 6.07) is 1.41. The van der Waals surface area contributed by atoms with E-state index in [0.29, 0.717) is 6.21 Å². The Labute approximate surface area is 45.9 Å². The van der Waals surface area contributed by atoms with Crippen LogP contribution in [-0.4, -0.2) is 17.3 Å². The van der Waals surface area contributed by atoms with Gasteiger partial charge in [-0.3, -0.25) is 4.79 Å². The number of carboxylic acids is 1. The van der Waals surface area contributed by atoms with Crippen molar-refractivity contribution < 1.29 is 9.90 Å². The summed E-state index contributed by atoms with van der Waals surface area (Å²) in [7, 11) is 0. The van der Waals surface area contributed by atoms with Crippen LogP contribution in [0.5, 0.6) is 0 Å². The first kappa shape index (κ1) is 6.63. The van der Waals surface area contributed by atoms with Gasteiger partial charge in [-0.25, -0.2) is 0 Å². The SMILES string of the molecule is N#CC(C=N)C(=O)O. The molecular formula is C4H4N2O2. The number of rotatable bonds is 2. The maximum absolute atomic E-state index is 9.79. The average Bonchev–Trinajstić information content (AvgIpc) is 1.69. The third-order valence-corrected chi connectivity index (χ3v) is 0.572. The Morgan fingerprint density at radius 2 is 2.50 bits per heavy atom. The fraction of sp³-hybridized carbons (Fsp3) is 0.250. The molecule has 42 valence electrons. The predicted octanol–water partition coefficient (Wildman–Crippen LogP) is -0.140. The molecule has 0 aliphatic heterocycles. The Balaban J connectivity index is 3.95. The van der Waals surface area contributed by atoms with E-state index >= 15 is 0 Å². The van der Waals surface area contributed by atoms with Crippen molar-refractivity contribution in [2.45, 2.75) is 0 Å². The number of carboxylic acid groups (broad SMARTS) is 1. The minimum atomic E-state index is -1.28. The molecule has 4 nitrogen and oxygen atoms in total. The molecule has 0 saturated carbocycles. The van der Waals surface area contributed by atoms with Crippen LogP contribution in [0.3, 0.4) is 0 Å². The molecule has 0 aliphatic rings. The summed E-state index contributed by atoms with van der Waals surface area (Å²) in [4.78, 5) is 9.79. The second kappa shape index (κ2) is 2.75. The summed E-state index contributed by atoms with van der Waals surface area (Å²) in [5, 5.41) is 22.3. The van der Waals surface area contributed by atoms with E-state index < -0.39 is 11.9 Å². The van der Waals surface area contributed by atoms with Crippen LogP contribution in [0.1, 0.15) is 0 Å². The molecule has 0 aromatic heterocycles. The molecule has 1 unspecified atom stereocenters. The van der Waals surface area contributed by atoms with Crippen molar-refractivity contribution in [3.63, 3.8) is 0 Å². The van der Waals surface area contributed by atoms with Gasteiger partial charge in [0.1, 0.15) is 0 Å². The summed E-state index contributed by atoms with van der Waals surface area (Å²) >= 11 is 0. The second-order valence-corrected chi connectivity index (χ2v) is 1.11. The lowest BCUT2D eigenvalue weighted by atomic mass is 10.2. The number of nitrogens with zero attached hydrogens (tertiary/aromatic N) is 1. The Kier molecular flexibility index (Phi) is 2.28. The first-order valence-electron chi connectivity index (χ1n) is 1.85. The Morgan fingerprint density at radius 1 is 2.00 bits per heavy atom. The maximum atomic E-state index is 9.79. The van der Waals surface area contributed by atoms with Crippen LogP contribution in [0.25, 0.3) is 0 Å². The van der Waals surface area contributed by atoms with Crippen LogP contribution < -0.4 is 0 Å². The Morgan fingerprint density at radius 3 is 2.50 bits per heavy atom. The Hall–Kier alpha value is -1.37. The molecule has 0 bridgehead atoms. The van der Waals surface area contributed by atoms with E-state index in [2.05, 4.69) is 0 Å². The first-order chi connectivity index (χ1) is 3.72. The fourth-order valence-corrected chi connectivity index (χ4v) is 0.164. The third kappa shape index (κ3) is 1.39. The van der Waals surface area contributed by atoms with Crippen LogP contribution >= 0.6 is 0 Å². The lowest BCUT2D eigenvalue weighted by Crippen LogP contribution is -2.11. The molecule has 4 heteroatoms. The highest BCUT2D eigenvalue weighted by Gasteiger charge is 2.10. The van der Waals surface area contributed by atoms with Gasteiger partial charge in [0.05, 0.1) is 6.07 Å². The highest BCUT2D eigenvalue weighted by Crippen LogP contribution is 1.85. The summed E-state index contributed by atoms with van der Waals surface area (Å²) in [5.74, 6) is -2.56. The molecule has 0 heterocycles. The maximum Gasteiger partial charge on any atom is 0.326 e. The molecule has 1 atom stereocenters. The number of carbonyl (C=O) groups is 1. The number of nitrogens with one attached hydrogen (secondary N) is 1. The van der Waals surface area contributed by atoms with Crippen LogP contribution in [0.15, 0.2) is 0 Å². The zero-order valence-corrected chi connectivity index (χ0v) is 3.96. The molecule has 2 N–H and O–H groups in total. The standard InChI is InChI=1S/C4H4N2O2/c5-1-3(2-6)4(7)8/h1,3,5H,(H,7,8). The van der Waals surface area contributed by atoms with Gasteiger partial charge < -0.3 is 10.5 Å². The minimum absolute atomic E-state index is 0.586. The number of nitriles is 1. The van der Waals surface area contributed by atoms with E-state index in [1.165, 1.54) is 6.07 Å². The summed E-state index contributed by atoms with van der Waals surface area (Å²) < 4.78 is 0. The number of aliphatic carboxylic acids is 1. The van der Waals surface area contributed by atoms with Gasteiger partial charge in [-0.05, 0) is 0 Å². The van der Waals surface area contributed by atoms with Crippen molar-refractivity contribution in [3.8, 4) is 6.07 Å². The van der Waals surface area contributed by atoms with Crippen LogP contribution in [-0.2, 0) is 4.79 Å². The van der Waals surface area contributed by atoms with E-state index in [1.54, 1.807) is 0 Å². The fourth-order valence-electron chi connectivity index (χ4n) is 0.164. The first-order valence-corrected chi connectivity index (χ1v) is 1.85. The smallest absolute Gasteiger partial charge is 0.326 e. The van der Waals surface area contributed by atoms with E-state index in [9.17, 15) is 4.79 Å². The van der Waals surface area contributed by atoms with E-state index in [0.717, 1.165) is 0 Å². The zero-order valence-electron chi connectivity index (χ0n) is 3.96. The largest absolute Gasteiger partial charge is 0.480 e. The lowest BCUT2D eigenvalue weighted by Gasteiger charge is -1.87. The highest BCUT2D eigenvalue weighted by atomic mass is 16.4. The molecule has 0 aromatic carbocycles. The van der Waals surface area contributed by atoms with Crippen molar-refractivity contribution in [2.24, 2.45) is 5.92 Å². The van der Waals surface area contributed by atoms with Crippen molar-refractivity contribution >= 4 is 12.2 Å². The highest BCUT2D eigenvalue weighted by molar-refractivity contribution is 5.90. The molecule has 0 aliphatic carbocycles. The molecule has 0 fully saturated rings. The molecule has 8 heavy (non-hydrogen) atoms. The van der Waals surface area contributed by atoms with Crippen LogP contribution in [0, 0.1) is 22.7 Å². The normalized spacial score (nSPS) is 11.4. The predicted molar refractivity (Wildman–Crippen MR) is 25.5 cm³/mol. The number of hydrogen-bond acceptors (Lipinski definition) is 3. The van der Waals surface area contributed by atoms with Gasteiger partial charge >= 0.3 is 5.97 Å². The Bertz CT molecular complexity index is 147. The van der Waals surface area contributed by atoms with Gasteiger partial charge in [0, 0.05) is 6.21 Å². The van der Waals surface area contributed by atoms with Gasteiger partial charge in [-0.15, -0.1) is 0 Å². The summed E-state index contributed by atoms with van der Waals surface area (Å²) in [5.41, 5.74) is 0. The zero-order chi connectivity index (χ0) is 6.57. The quantitative estimate of drug-likeness (QED) is 0.487. The van der Waals surface area contributed by atoms with Crippen molar-refractivity contribution in [3.05, 3.63) is 0 Å². The summed E-state index contributed by atoms with van der Waals surface area (Å²) in [6.07, 6.45) is 0.586. The van der Waals surface area contributed by atoms with E-state index in [1.807, 2.05) is 0 Å². The molecule has 0 spiro atoms. The third-order valence-electron chi connectivity index (χ3n) is 0.572. The van der Waals surface area contributed by atoms with Crippen LogP contribution in [0.2, 0.25) is 0 Å². The van der Waals surface area contributed by atoms with Crippen molar-refractivity contribution in [1.29, 1.82) is 10.7 Å². The molecule has 0 rings (SSSR count). The molecule has 0 aromatic rings. The molecule has 0 saturated heterocycles. The monoisotopic (exact) mass is 112 g/mol. The van der Waals surface area contributed by atoms with Gasteiger partial charge in [0.2, 0.25) is 0 Å².